The number of rotatable bonds is 18. The van der Waals surface area contributed by atoms with Crippen LogP contribution < -0.4 is 15.1 Å². The number of phenolic OH excluding ortho intramolecular Hbond substituents is 1. The van der Waals surface area contributed by atoms with Gasteiger partial charge in [0, 0.05) is 31.0 Å². The number of sulfone groups is 1. The van der Waals surface area contributed by atoms with Gasteiger partial charge in [-0.1, -0.05) is 18.2 Å². The van der Waals surface area contributed by atoms with Gasteiger partial charge < -0.3 is 29.3 Å². The lowest BCUT2D eigenvalue weighted by molar-refractivity contribution is 0.284. The smallest absolute Gasteiger partial charge is 0.397 e. The molecule has 0 saturated carbocycles. The van der Waals surface area contributed by atoms with Gasteiger partial charge in [0.25, 0.3) is 0 Å². The van der Waals surface area contributed by atoms with E-state index in [-0.39, 0.29) is 55.7 Å². The Balaban J connectivity index is 1.56. The van der Waals surface area contributed by atoms with Crippen molar-refractivity contribution in [2.45, 2.75) is 23.6 Å². The number of hydrogen-bond donors (Lipinski definition) is 5. The zero-order valence-corrected chi connectivity index (χ0v) is 34.0. The highest BCUT2D eigenvalue weighted by Crippen LogP contribution is 2.40. The Bertz CT molecular complexity index is 2560. The minimum atomic E-state index is -4.84. The Labute approximate surface area is 337 Å². The number of para-hydroxylation sites is 1. The molecule has 0 aliphatic heterocycles. The van der Waals surface area contributed by atoms with Crippen LogP contribution in [-0.4, -0.2) is 96.7 Å². The number of halogens is 1. The van der Waals surface area contributed by atoms with Crippen LogP contribution in [0.5, 0.6) is 5.75 Å². The molecule has 0 saturated heterocycles. The fourth-order valence-electron chi connectivity index (χ4n) is 5.49. The maximum absolute atomic E-state index is 12.8. The Hall–Kier alpha value is -4.72. The summed E-state index contributed by atoms with van der Waals surface area (Å²) in [5.74, 6) is -1.78. The predicted octanol–water partition coefficient (Wildman–Crippen LogP) is 5.92. The van der Waals surface area contributed by atoms with E-state index in [0.717, 1.165) is 11.8 Å². The van der Waals surface area contributed by atoms with E-state index < -0.39 is 66.3 Å². The number of aromatic hydroxyl groups is 1. The molecule has 19 nitrogen and oxygen atoms in total. The normalized spacial score (nSPS) is 13.2. The van der Waals surface area contributed by atoms with E-state index in [1.54, 1.807) is 48.5 Å². The molecule has 0 aliphatic rings. The summed E-state index contributed by atoms with van der Waals surface area (Å²) in [5, 5.41) is 22.6. The molecule has 0 amide bonds. The summed E-state index contributed by atoms with van der Waals surface area (Å²) in [7, 11) is -8.76. The molecule has 0 radical (unpaired) electrons. The van der Waals surface area contributed by atoms with Gasteiger partial charge in [-0.3, -0.25) is 4.55 Å². The van der Waals surface area contributed by atoms with Gasteiger partial charge in [0.2, 0.25) is 17.2 Å². The summed E-state index contributed by atoms with van der Waals surface area (Å²) in [6, 6.07) is 18.6. The van der Waals surface area contributed by atoms with Crippen molar-refractivity contribution in [2.75, 3.05) is 52.9 Å². The highest BCUT2D eigenvalue weighted by molar-refractivity contribution is 7.91. The molecule has 0 bridgehead atoms. The number of hydrogen-bond acceptors (Lipinski definition) is 16. The Kier molecular flexibility index (Phi) is 14.2. The molecule has 4 aromatic carbocycles. The fourth-order valence-corrected chi connectivity index (χ4v) is 7.93. The lowest BCUT2D eigenvalue weighted by atomic mass is 10.1. The fraction of sp³-hybridized carbons (Fsp3) is 0.242. The summed E-state index contributed by atoms with van der Waals surface area (Å²) in [6.07, 6.45) is 0. The number of fused-ring (bicyclic) bond motifs is 1. The molecule has 0 fully saturated rings. The van der Waals surface area contributed by atoms with Gasteiger partial charge >= 0.3 is 10.4 Å². The molecule has 1 heterocycles. The molecule has 0 spiro atoms. The predicted molar refractivity (Wildman–Crippen MR) is 216 cm³/mol. The number of anilines is 5. The standard InChI is InChI=1S/C33H35ClN8O11S4/c1-3-41(4-2)23-10-11-26(39-40-28-19-24(54(44)45)16-21-17-25(55(46)47)20-29(43)30(21)28)27(18-23)35-32-36-31(34)37-33(38-32)42(22-8-6-5-7-9-22)12-14-56(48,49)15-13-53-57(50,51)52/h5-11,16-20,43H,3-4,12-15H2,1-2H3,(H,44,45)(H,46,47)(H,50,51,52)(H,35,36,37,38). The van der Waals surface area contributed by atoms with E-state index in [9.17, 15) is 39.5 Å². The summed E-state index contributed by atoms with van der Waals surface area (Å²) in [4.78, 5) is 16.2. The molecule has 57 heavy (non-hydrogen) atoms. The van der Waals surface area contributed by atoms with Gasteiger partial charge in [-0.2, -0.15) is 23.4 Å². The first-order valence-corrected chi connectivity index (χ1v) is 22.4. The number of phenols is 1. The van der Waals surface area contributed by atoms with Gasteiger partial charge in [0.05, 0.1) is 44.7 Å². The Morgan fingerprint density at radius 1 is 0.825 bits per heavy atom. The third kappa shape index (κ3) is 11.7. The molecule has 5 N–H and O–H groups in total. The van der Waals surface area contributed by atoms with Crippen LogP contribution in [0.3, 0.4) is 0 Å². The number of nitrogens with zero attached hydrogens (tertiary/aromatic N) is 7. The average molecular weight is 883 g/mol. The number of aromatic nitrogens is 3. The minimum absolute atomic E-state index is 0.0278. The molecule has 5 aromatic rings. The largest absolute Gasteiger partial charge is 0.507 e. The van der Waals surface area contributed by atoms with E-state index >= 15 is 0 Å². The van der Waals surface area contributed by atoms with Gasteiger partial charge in [0.1, 0.15) is 11.4 Å². The molecule has 2 atom stereocenters. The molecule has 1 aromatic heterocycles. The molecular formula is C33H35ClN8O11S4. The number of azo groups is 1. The van der Waals surface area contributed by atoms with Crippen LogP contribution in [0.15, 0.2) is 92.8 Å². The van der Waals surface area contributed by atoms with Crippen LogP contribution in [-0.2, 0) is 46.6 Å². The van der Waals surface area contributed by atoms with Crippen molar-refractivity contribution in [1.29, 1.82) is 0 Å². The van der Waals surface area contributed by atoms with Crippen LogP contribution in [0.4, 0.5) is 40.3 Å². The van der Waals surface area contributed by atoms with Gasteiger partial charge in [-0.15, -0.1) is 10.2 Å². The third-order valence-corrected chi connectivity index (χ3v) is 11.6. The van der Waals surface area contributed by atoms with Crippen molar-refractivity contribution >= 4 is 105 Å². The molecule has 2 unspecified atom stereocenters. The van der Waals surface area contributed by atoms with E-state index in [0.29, 0.717) is 24.5 Å². The first-order chi connectivity index (χ1) is 27.0. The van der Waals surface area contributed by atoms with Crippen LogP contribution in [0.25, 0.3) is 10.8 Å². The number of nitrogens with one attached hydrogen (secondary N) is 1. The van der Waals surface area contributed by atoms with Gasteiger partial charge in [-0.25, -0.2) is 21.0 Å². The van der Waals surface area contributed by atoms with Crippen molar-refractivity contribution < 1.29 is 48.2 Å². The zero-order chi connectivity index (χ0) is 41.5. The SMILES string of the molecule is CCN(CC)c1ccc(N=Nc2cc(S(=O)O)cc3cc(S(=O)O)cc(O)c23)c(Nc2nc(Cl)nc(N(CCS(=O)(=O)CCOS(=O)(=O)O)c3ccccc3)n2)c1. The van der Waals surface area contributed by atoms with Crippen molar-refractivity contribution in [1.82, 2.24) is 15.0 Å². The minimum Gasteiger partial charge on any atom is -0.507 e. The molecule has 304 valence electrons. The van der Waals surface area contributed by atoms with E-state index in [4.69, 9.17) is 16.2 Å². The van der Waals surface area contributed by atoms with Crippen LogP contribution in [0.1, 0.15) is 13.8 Å². The molecule has 0 aliphatic carbocycles. The molecule has 5 rings (SSSR count). The van der Waals surface area contributed by atoms with Crippen molar-refractivity contribution in [2.24, 2.45) is 10.2 Å². The van der Waals surface area contributed by atoms with E-state index in [2.05, 4.69) is 34.7 Å². The van der Waals surface area contributed by atoms with Crippen LogP contribution >= 0.6 is 11.6 Å². The quantitative estimate of drug-likeness (QED) is 0.0388. The summed E-state index contributed by atoms with van der Waals surface area (Å²) < 4.78 is 104. The second-order valence-corrected chi connectivity index (χ2v) is 17.5. The highest BCUT2D eigenvalue weighted by Gasteiger charge is 2.21. The second-order valence-electron chi connectivity index (χ2n) is 11.8. The van der Waals surface area contributed by atoms with Gasteiger partial charge in [-0.05, 0) is 85.4 Å². The highest BCUT2D eigenvalue weighted by atomic mass is 35.5. The summed E-state index contributed by atoms with van der Waals surface area (Å²) >= 11 is 1.45. The second kappa shape index (κ2) is 18.7. The lowest BCUT2D eigenvalue weighted by Gasteiger charge is -2.24. The van der Waals surface area contributed by atoms with Crippen molar-refractivity contribution in [3.05, 3.63) is 78.1 Å². The van der Waals surface area contributed by atoms with E-state index in [1.807, 2.05) is 18.7 Å². The Morgan fingerprint density at radius 2 is 1.47 bits per heavy atom. The monoisotopic (exact) mass is 882 g/mol. The van der Waals surface area contributed by atoms with Crippen LogP contribution in [0, 0.1) is 0 Å². The lowest BCUT2D eigenvalue weighted by Crippen LogP contribution is -2.29. The topological polar surface area (TPSA) is 274 Å². The Morgan fingerprint density at radius 3 is 2.11 bits per heavy atom. The molecule has 24 heteroatoms. The van der Waals surface area contributed by atoms with Gasteiger partial charge in [0.15, 0.2) is 32.0 Å². The van der Waals surface area contributed by atoms with Crippen molar-refractivity contribution in [3.8, 4) is 5.75 Å². The first kappa shape index (κ1) is 43.4. The van der Waals surface area contributed by atoms with Crippen LogP contribution in [0.2, 0.25) is 5.28 Å². The average Bonchev–Trinajstić information content (AvgIpc) is 3.14. The third-order valence-electron chi connectivity index (χ3n) is 8.14. The zero-order valence-electron chi connectivity index (χ0n) is 30.0. The summed E-state index contributed by atoms with van der Waals surface area (Å²) in [6.45, 7) is 4.22. The first-order valence-electron chi connectivity index (χ1n) is 16.6. The van der Waals surface area contributed by atoms with Crippen molar-refractivity contribution in [3.63, 3.8) is 0 Å². The number of benzene rings is 4. The van der Waals surface area contributed by atoms with E-state index in [1.165, 1.54) is 23.1 Å². The maximum atomic E-state index is 12.8. The molecular weight excluding hydrogens is 848 g/mol. The summed E-state index contributed by atoms with van der Waals surface area (Å²) in [5.41, 5.74) is 1.73. The maximum Gasteiger partial charge on any atom is 0.397 e.